The van der Waals surface area contributed by atoms with Crippen molar-refractivity contribution in [2.75, 3.05) is 19.6 Å². The minimum atomic E-state index is -0.875. The molecule has 0 aromatic carbocycles. The third-order valence-electron chi connectivity index (χ3n) is 3.61. The third kappa shape index (κ3) is 6.05. The van der Waals surface area contributed by atoms with Gasteiger partial charge in [-0.1, -0.05) is 20.8 Å². The second-order valence-corrected chi connectivity index (χ2v) is 6.38. The topological polar surface area (TPSA) is 69.6 Å². The number of carboxylic acids is 1. The number of nitrogens with one attached hydrogen (secondary N) is 1. The fraction of sp³-hybridized carbons (Fsp3) is 0.857. The second-order valence-electron chi connectivity index (χ2n) is 6.38. The number of hydrogen-bond donors (Lipinski definition) is 2. The van der Waals surface area contributed by atoms with Gasteiger partial charge in [0, 0.05) is 19.0 Å². The molecular formula is C14H26N2O3. The molecule has 0 radical (unpaired) electrons. The van der Waals surface area contributed by atoms with Crippen LogP contribution in [0, 0.1) is 5.41 Å². The summed E-state index contributed by atoms with van der Waals surface area (Å²) in [7, 11) is 0. The normalized spacial score (nSPS) is 18.3. The molecular weight excluding hydrogens is 244 g/mol. The van der Waals surface area contributed by atoms with E-state index >= 15 is 0 Å². The zero-order chi connectivity index (χ0) is 14.5. The predicted octanol–water partition coefficient (Wildman–Crippen LogP) is 1.48. The summed E-state index contributed by atoms with van der Waals surface area (Å²) in [6, 6.07) is -0.323. The van der Waals surface area contributed by atoms with Crippen LogP contribution in [0.4, 0.5) is 0 Å². The first-order valence-corrected chi connectivity index (χ1v) is 7.02. The Labute approximate surface area is 115 Å². The molecule has 1 amide bonds. The van der Waals surface area contributed by atoms with Crippen LogP contribution in [-0.2, 0) is 9.59 Å². The summed E-state index contributed by atoms with van der Waals surface area (Å²) >= 11 is 0. The Morgan fingerprint density at radius 2 is 1.84 bits per heavy atom. The summed E-state index contributed by atoms with van der Waals surface area (Å²) in [5, 5.41) is 11.8. The van der Waals surface area contributed by atoms with E-state index in [9.17, 15) is 9.59 Å². The Hall–Kier alpha value is -1.10. The molecule has 0 aromatic rings. The lowest BCUT2D eigenvalue weighted by atomic mass is 9.84. The van der Waals surface area contributed by atoms with Gasteiger partial charge in [-0.2, -0.15) is 0 Å². The van der Waals surface area contributed by atoms with E-state index in [0.717, 1.165) is 19.6 Å². The van der Waals surface area contributed by atoms with E-state index in [1.165, 1.54) is 12.8 Å². The van der Waals surface area contributed by atoms with Gasteiger partial charge in [0.05, 0.1) is 6.42 Å². The maximum atomic E-state index is 11.9. The lowest BCUT2D eigenvalue weighted by Crippen LogP contribution is -2.45. The van der Waals surface area contributed by atoms with Crippen LogP contribution in [-0.4, -0.2) is 47.6 Å². The SMILES string of the molecule is CC(C)(C)C(CC(=O)O)NC(=O)CCN1CCCC1. The highest BCUT2D eigenvalue weighted by Crippen LogP contribution is 2.22. The number of rotatable bonds is 6. The molecule has 0 saturated carbocycles. The number of carboxylic acid groups (broad SMARTS) is 1. The molecule has 5 nitrogen and oxygen atoms in total. The number of hydrogen-bond acceptors (Lipinski definition) is 3. The van der Waals surface area contributed by atoms with E-state index in [1.54, 1.807) is 0 Å². The number of amides is 1. The number of carbonyl (C=O) groups excluding carboxylic acids is 1. The van der Waals surface area contributed by atoms with Crippen molar-refractivity contribution in [2.45, 2.75) is 52.5 Å². The van der Waals surface area contributed by atoms with Crippen LogP contribution >= 0.6 is 0 Å². The first-order valence-electron chi connectivity index (χ1n) is 7.02. The third-order valence-corrected chi connectivity index (χ3v) is 3.61. The fourth-order valence-electron chi connectivity index (χ4n) is 2.28. The monoisotopic (exact) mass is 270 g/mol. The van der Waals surface area contributed by atoms with Gasteiger partial charge in [-0.25, -0.2) is 0 Å². The average Bonchev–Trinajstić information content (AvgIpc) is 2.76. The van der Waals surface area contributed by atoms with E-state index in [4.69, 9.17) is 5.11 Å². The Morgan fingerprint density at radius 3 is 2.32 bits per heavy atom. The molecule has 2 N–H and O–H groups in total. The molecule has 19 heavy (non-hydrogen) atoms. The van der Waals surface area contributed by atoms with Crippen LogP contribution in [0.3, 0.4) is 0 Å². The van der Waals surface area contributed by atoms with Crippen LogP contribution in [0.25, 0.3) is 0 Å². The maximum Gasteiger partial charge on any atom is 0.305 e. The van der Waals surface area contributed by atoms with Crippen molar-refractivity contribution in [2.24, 2.45) is 5.41 Å². The first-order chi connectivity index (χ1) is 8.79. The summed E-state index contributed by atoms with van der Waals surface area (Å²) in [5.41, 5.74) is -0.248. The van der Waals surface area contributed by atoms with Crippen molar-refractivity contribution in [3.63, 3.8) is 0 Å². The van der Waals surface area contributed by atoms with Gasteiger partial charge < -0.3 is 15.3 Å². The Balaban J connectivity index is 2.39. The zero-order valence-electron chi connectivity index (χ0n) is 12.2. The van der Waals surface area contributed by atoms with Crippen molar-refractivity contribution in [1.29, 1.82) is 0 Å². The molecule has 1 rings (SSSR count). The summed E-state index contributed by atoms with van der Waals surface area (Å²) in [4.78, 5) is 25.0. The minimum absolute atomic E-state index is 0.0288. The molecule has 1 unspecified atom stereocenters. The van der Waals surface area contributed by atoms with E-state index < -0.39 is 5.97 Å². The average molecular weight is 270 g/mol. The van der Waals surface area contributed by atoms with Gasteiger partial charge in [-0.15, -0.1) is 0 Å². The maximum absolute atomic E-state index is 11.9. The van der Waals surface area contributed by atoms with Crippen molar-refractivity contribution in [3.05, 3.63) is 0 Å². The van der Waals surface area contributed by atoms with Crippen LogP contribution < -0.4 is 5.32 Å². The quantitative estimate of drug-likeness (QED) is 0.767. The molecule has 1 heterocycles. The molecule has 0 aromatic heterocycles. The van der Waals surface area contributed by atoms with Gasteiger partial charge in [0.1, 0.15) is 0 Å². The van der Waals surface area contributed by atoms with Crippen LogP contribution in [0.5, 0.6) is 0 Å². The molecule has 110 valence electrons. The largest absolute Gasteiger partial charge is 0.481 e. The summed E-state index contributed by atoms with van der Waals surface area (Å²) in [6.07, 6.45) is 2.85. The Bertz CT molecular complexity index is 317. The minimum Gasteiger partial charge on any atom is -0.481 e. The number of likely N-dealkylation sites (tertiary alicyclic amines) is 1. The molecule has 0 aliphatic carbocycles. The highest BCUT2D eigenvalue weighted by Gasteiger charge is 2.28. The number of carbonyl (C=O) groups is 2. The lowest BCUT2D eigenvalue weighted by Gasteiger charge is -2.30. The van der Waals surface area contributed by atoms with Gasteiger partial charge in [-0.3, -0.25) is 9.59 Å². The summed E-state index contributed by atoms with van der Waals surface area (Å²) in [5.74, 6) is -0.923. The van der Waals surface area contributed by atoms with Crippen molar-refractivity contribution in [3.8, 4) is 0 Å². The van der Waals surface area contributed by atoms with Crippen LogP contribution in [0.1, 0.15) is 46.5 Å². The second kappa shape index (κ2) is 6.89. The van der Waals surface area contributed by atoms with Gasteiger partial charge in [0.15, 0.2) is 0 Å². The number of aliphatic carboxylic acids is 1. The predicted molar refractivity (Wildman–Crippen MR) is 73.9 cm³/mol. The molecule has 1 fully saturated rings. The fourth-order valence-corrected chi connectivity index (χ4v) is 2.28. The van der Waals surface area contributed by atoms with E-state index in [1.807, 2.05) is 20.8 Å². The van der Waals surface area contributed by atoms with Gasteiger partial charge in [0.25, 0.3) is 0 Å². The Morgan fingerprint density at radius 1 is 1.26 bits per heavy atom. The molecule has 1 saturated heterocycles. The van der Waals surface area contributed by atoms with Gasteiger partial charge >= 0.3 is 5.97 Å². The van der Waals surface area contributed by atoms with Crippen molar-refractivity contribution >= 4 is 11.9 Å². The first kappa shape index (κ1) is 16.0. The van der Waals surface area contributed by atoms with Gasteiger partial charge in [-0.05, 0) is 31.3 Å². The lowest BCUT2D eigenvalue weighted by molar-refractivity contribution is -0.138. The van der Waals surface area contributed by atoms with Gasteiger partial charge in [0.2, 0.25) is 5.91 Å². The molecule has 0 bridgehead atoms. The van der Waals surface area contributed by atoms with Crippen molar-refractivity contribution in [1.82, 2.24) is 10.2 Å². The summed E-state index contributed by atoms with van der Waals surface area (Å²) < 4.78 is 0. The highest BCUT2D eigenvalue weighted by atomic mass is 16.4. The van der Waals surface area contributed by atoms with E-state index in [0.29, 0.717) is 6.42 Å². The van der Waals surface area contributed by atoms with Crippen LogP contribution in [0.15, 0.2) is 0 Å². The summed E-state index contributed by atoms with van der Waals surface area (Å²) in [6.45, 7) is 8.76. The standard InChI is InChI=1S/C14H26N2O3/c1-14(2,3)11(10-13(18)19)15-12(17)6-9-16-7-4-5-8-16/h11H,4-10H2,1-3H3,(H,15,17)(H,18,19). The molecule has 5 heteroatoms. The van der Waals surface area contributed by atoms with E-state index in [-0.39, 0.29) is 23.8 Å². The van der Waals surface area contributed by atoms with Crippen LogP contribution in [0.2, 0.25) is 0 Å². The number of nitrogens with zero attached hydrogens (tertiary/aromatic N) is 1. The molecule has 1 aliphatic heterocycles. The van der Waals surface area contributed by atoms with Crippen molar-refractivity contribution < 1.29 is 14.7 Å². The molecule has 1 aliphatic rings. The molecule has 1 atom stereocenters. The smallest absolute Gasteiger partial charge is 0.305 e. The zero-order valence-corrected chi connectivity index (χ0v) is 12.2. The Kier molecular flexibility index (Phi) is 5.79. The van der Waals surface area contributed by atoms with E-state index in [2.05, 4.69) is 10.2 Å². The molecule has 0 spiro atoms. The highest BCUT2D eigenvalue weighted by molar-refractivity contribution is 5.77.